The Labute approximate surface area is 170 Å². The summed E-state index contributed by atoms with van der Waals surface area (Å²) in [7, 11) is -3.23. The van der Waals surface area contributed by atoms with Crippen molar-refractivity contribution in [1.82, 2.24) is 5.32 Å². The quantitative estimate of drug-likeness (QED) is 0.602. The molecule has 2 aromatic carbocycles. The van der Waals surface area contributed by atoms with Gasteiger partial charge in [0.05, 0.1) is 16.1 Å². The largest absolute Gasteiger partial charge is 0.349 e. The van der Waals surface area contributed by atoms with Crippen molar-refractivity contribution in [2.24, 2.45) is 0 Å². The highest BCUT2D eigenvalue weighted by atomic mass is 32.2. The average molecular weight is 417 g/mol. The van der Waals surface area contributed by atoms with Gasteiger partial charge in [0.1, 0.15) is 6.04 Å². The number of para-hydroxylation sites is 1. The van der Waals surface area contributed by atoms with Gasteiger partial charge in [0.2, 0.25) is 0 Å². The Morgan fingerprint density at radius 1 is 1.10 bits per heavy atom. The van der Waals surface area contributed by atoms with E-state index in [1.807, 2.05) is 12.2 Å². The molecule has 29 heavy (non-hydrogen) atoms. The third kappa shape index (κ3) is 5.88. The lowest BCUT2D eigenvalue weighted by Gasteiger charge is -2.13. The van der Waals surface area contributed by atoms with Crippen molar-refractivity contribution in [3.63, 3.8) is 0 Å². The Bertz CT molecular complexity index is 999. The lowest BCUT2D eigenvalue weighted by molar-refractivity contribution is -0.682. The molecule has 4 N–H and O–H groups in total. The second kappa shape index (κ2) is 8.75. The number of nitrogens with one attached hydrogen (secondary N) is 2. The summed E-state index contributed by atoms with van der Waals surface area (Å²) in [6.07, 6.45) is 3.17. The van der Waals surface area contributed by atoms with E-state index in [2.05, 4.69) is 10.6 Å². The van der Waals surface area contributed by atoms with Crippen LogP contribution in [0.2, 0.25) is 0 Å². The van der Waals surface area contributed by atoms with Crippen molar-refractivity contribution >= 4 is 27.3 Å². The van der Waals surface area contributed by atoms with Crippen LogP contribution in [0.5, 0.6) is 0 Å². The molecule has 1 atom stereocenters. The SMILES string of the molecule is C[C@@H]([NH2+]CC(=O)Nc1ccccc1C(=O)NC1CC1)c1ccc(S(C)(=O)=O)cc1. The van der Waals surface area contributed by atoms with Crippen molar-refractivity contribution in [3.05, 3.63) is 59.7 Å². The van der Waals surface area contributed by atoms with Crippen LogP contribution in [0.15, 0.2) is 53.4 Å². The van der Waals surface area contributed by atoms with Gasteiger partial charge in [-0.2, -0.15) is 0 Å². The van der Waals surface area contributed by atoms with Crippen molar-refractivity contribution in [1.29, 1.82) is 0 Å². The first-order valence-corrected chi connectivity index (χ1v) is 11.5. The Hall–Kier alpha value is -2.71. The van der Waals surface area contributed by atoms with Crippen LogP contribution in [-0.2, 0) is 14.6 Å². The highest BCUT2D eigenvalue weighted by Gasteiger charge is 2.25. The highest BCUT2D eigenvalue weighted by molar-refractivity contribution is 7.90. The van der Waals surface area contributed by atoms with Gasteiger partial charge in [-0.25, -0.2) is 8.42 Å². The molecular formula is C21H26N3O4S+. The van der Waals surface area contributed by atoms with Crippen molar-refractivity contribution < 1.29 is 23.3 Å². The number of rotatable bonds is 8. The molecule has 2 amide bonds. The van der Waals surface area contributed by atoms with Crippen LogP contribution in [0.3, 0.4) is 0 Å². The Morgan fingerprint density at radius 2 is 1.76 bits per heavy atom. The number of anilines is 1. The number of benzene rings is 2. The van der Waals surface area contributed by atoms with Gasteiger partial charge in [-0.3, -0.25) is 9.59 Å². The van der Waals surface area contributed by atoms with E-state index in [0.717, 1.165) is 18.4 Å². The maximum Gasteiger partial charge on any atom is 0.279 e. The van der Waals surface area contributed by atoms with Gasteiger partial charge in [0.15, 0.2) is 16.4 Å². The molecule has 0 radical (unpaired) electrons. The maximum atomic E-state index is 12.4. The second-order valence-corrected chi connectivity index (χ2v) is 9.43. The summed E-state index contributed by atoms with van der Waals surface area (Å²) in [5.41, 5.74) is 1.88. The molecule has 3 rings (SSSR count). The number of carbonyl (C=O) groups excluding carboxylic acids is 2. The summed E-state index contributed by atoms with van der Waals surface area (Å²) in [5.74, 6) is -0.386. The fourth-order valence-corrected chi connectivity index (χ4v) is 3.55. The highest BCUT2D eigenvalue weighted by Crippen LogP contribution is 2.21. The molecule has 1 saturated carbocycles. The van der Waals surface area contributed by atoms with Crippen LogP contribution in [-0.4, -0.2) is 39.1 Å². The van der Waals surface area contributed by atoms with Crippen LogP contribution in [0.1, 0.15) is 41.7 Å². The van der Waals surface area contributed by atoms with E-state index >= 15 is 0 Å². The van der Waals surface area contributed by atoms with E-state index in [0.29, 0.717) is 11.3 Å². The average Bonchev–Trinajstić information content (AvgIpc) is 3.50. The Kier molecular flexibility index (Phi) is 6.34. The van der Waals surface area contributed by atoms with E-state index in [9.17, 15) is 18.0 Å². The minimum Gasteiger partial charge on any atom is -0.349 e. The normalized spacial score (nSPS) is 14.8. The number of hydrogen-bond acceptors (Lipinski definition) is 4. The summed E-state index contributed by atoms with van der Waals surface area (Å²) < 4.78 is 23.1. The fourth-order valence-electron chi connectivity index (χ4n) is 2.92. The fraction of sp³-hybridized carbons (Fsp3) is 0.333. The third-order valence-electron chi connectivity index (χ3n) is 4.85. The molecule has 1 fully saturated rings. The molecule has 1 aliphatic rings. The molecule has 2 aromatic rings. The maximum absolute atomic E-state index is 12.4. The summed E-state index contributed by atoms with van der Waals surface area (Å²) in [4.78, 5) is 25.0. The summed E-state index contributed by atoms with van der Waals surface area (Å²) in [6, 6.07) is 13.8. The zero-order chi connectivity index (χ0) is 21.0. The Morgan fingerprint density at radius 3 is 2.38 bits per heavy atom. The predicted molar refractivity (Wildman–Crippen MR) is 110 cm³/mol. The van der Waals surface area contributed by atoms with Crippen LogP contribution >= 0.6 is 0 Å². The van der Waals surface area contributed by atoms with E-state index in [-0.39, 0.29) is 35.3 Å². The van der Waals surface area contributed by atoms with Gasteiger partial charge >= 0.3 is 0 Å². The molecule has 0 aliphatic heterocycles. The molecule has 0 unspecified atom stereocenters. The van der Waals surface area contributed by atoms with E-state index in [1.54, 1.807) is 48.5 Å². The monoisotopic (exact) mass is 416 g/mol. The van der Waals surface area contributed by atoms with Gasteiger partial charge in [-0.15, -0.1) is 0 Å². The van der Waals surface area contributed by atoms with Crippen LogP contribution in [0.4, 0.5) is 5.69 Å². The molecule has 154 valence electrons. The molecule has 7 nitrogen and oxygen atoms in total. The second-order valence-electron chi connectivity index (χ2n) is 7.41. The van der Waals surface area contributed by atoms with Crippen LogP contribution < -0.4 is 16.0 Å². The van der Waals surface area contributed by atoms with Gasteiger partial charge in [0.25, 0.3) is 11.8 Å². The molecule has 0 aromatic heterocycles. The van der Waals surface area contributed by atoms with Gasteiger partial charge < -0.3 is 16.0 Å². The molecule has 0 saturated heterocycles. The lowest BCUT2D eigenvalue weighted by Crippen LogP contribution is -2.86. The zero-order valence-corrected chi connectivity index (χ0v) is 17.3. The summed E-state index contributed by atoms with van der Waals surface area (Å²) >= 11 is 0. The Balaban J connectivity index is 1.56. The first-order valence-electron chi connectivity index (χ1n) is 9.57. The van der Waals surface area contributed by atoms with Crippen molar-refractivity contribution in [3.8, 4) is 0 Å². The topological polar surface area (TPSA) is 109 Å². The first-order chi connectivity index (χ1) is 13.7. The minimum absolute atomic E-state index is 0.0252. The standard InChI is InChI=1S/C21H25N3O4S/c1-14(15-7-11-17(12-8-15)29(2,27)28)22-13-20(25)24-19-6-4-3-5-18(19)21(26)23-16-9-10-16/h3-8,11-12,14,16,22H,9-10,13H2,1-2H3,(H,23,26)(H,24,25)/p+1/t14-/m1/s1. The molecular weight excluding hydrogens is 390 g/mol. The number of hydrogen-bond donors (Lipinski definition) is 3. The predicted octanol–water partition coefficient (Wildman–Crippen LogP) is 1.25. The van der Waals surface area contributed by atoms with Crippen LogP contribution in [0.25, 0.3) is 0 Å². The molecule has 0 heterocycles. The molecule has 8 heteroatoms. The molecule has 0 bridgehead atoms. The zero-order valence-electron chi connectivity index (χ0n) is 16.5. The molecule has 0 spiro atoms. The van der Waals surface area contributed by atoms with Crippen molar-refractivity contribution in [2.75, 3.05) is 18.1 Å². The first kappa shape index (κ1) is 21.0. The lowest BCUT2D eigenvalue weighted by atomic mass is 10.1. The van der Waals surface area contributed by atoms with Crippen LogP contribution in [0, 0.1) is 0 Å². The minimum atomic E-state index is -3.23. The smallest absolute Gasteiger partial charge is 0.279 e. The number of nitrogens with two attached hydrogens (primary N) is 1. The van der Waals surface area contributed by atoms with Gasteiger partial charge in [-0.1, -0.05) is 24.3 Å². The third-order valence-corrected chi connectivity index (χ3v) is 5.98. The summed E-state index contributed by atoms with van der Waals surface area (Å²) in [6.45, 7) is 2.12. The van der Waals surface area contributed by atoms with E-state index < -0.39 is 9.84 Å². The number of sulfone groups is 1. The van der Waals surface area contributed by atoms with Crippen molar-refractivity contribution in [2.45, 2.75) is 36.7 Å². The van der Waals surface area contributed by atoms with Gasteiger partial charge in [0, 0.05) is 17.9 Å². The number of carbonyl (C=O) groups is 2. The van der Waals surface area contributed by atoms with E-state index in [1.165, 1.54) is 6.26 Å². The van der Waals surface area contributed by atoms with E-state index in [4.69, 9.17) is 0 Å². The molecule has 1 aliphatic carbocycles. The number of quaternary nitrogens is 1. The summed E-state index contributed by atoms with van der Waals surface area (Å²) in [5, 5.41) is 7.60. The number of amides is 2. The van der Waals surface area contributed by atoms with Gasteiger partial charge in [-0.05, 0) is 44.0 Å².